The quantitative estimate of drug-likeness (QED) is 0.479. The molecule has 1 heterocycles. The number of aliphatic hydroxyl groups excluding tert-OH is 1. The molecule has 0 aliphatic carbocycles. The molecule has 1 aliphatic rings. The Hall–Kier alpha value is -1.63. The molecular weight excluding hydrogens is 340 g/mol. The number of hydrogen-bond donors (Lipinski definition) is 3. The van der Waals surface area contributed by atoms with E-state index in [9.17, 15) is 5.11 Å². The normalized spacial score (nSPS) is 17.1. The molecule has 3 N–H and O–H groups in total. The Morgan fingerprint density at radius 2 is 1.81 bits per heavy atom. The fourth-order valence-corrected chi connectivity index (χ4v) is 2.97. The number of piperidine rings is 1. The number of aliphatic hydroxyl groups is 1. The average Bonchev–Trinajstić information content (AvgIpc) is 2.67. The van der Waals surface area contributed by atoms with E-state index in [0.29, 0.717) is 13.1 Å². The number of likely N-dealkylation sites (tertiary alicyclic amines) is 1. The lowest BCUT2D eigenvalue weighted by Crippen LogP contribution is -2.45. The van der Waals surface area contributed by atoms with Gasteiger partial charge in [0.15, 0.2) is 5.96 Å². The SMILES string of the molecule is CCNC(=NCc1ccc(CN2CCC(O)CC2)cc1)NCC(C)(C)OC. The van der Waals surface area contributed by atoms with Crippen molar-refractivity contribution in [1.29, 1.82) is 0 Å². The van der Waals surface area contributed by atoms with Crippen LogP contribution in [-0.2, 0) is 17.8 Å². The number of benzene rings is 1. The van der Waals surface area contributed by atoms with Crippen LogP contribution in [-0.4, -0.2) is 61.0 Å². The van der Waals surface area contributed by atoms with E-state index in [1.165, 1.54) is 11.1 Å². The molecule has 1 aromatic carbocycles. The number of nitrogens with one attached hydrogen (secondary N) is 2. The van der Waals surface area contributed by atoms with E-state index in [4.69, 9.17) is 4.74 Å². The van der Waals surface area contributed by atoms with Crippen molar-refractivity contribution in [3.05, 3.63) is 35.4 Å². The lowest BCUT2D eigenvalue weighted by Gasteiger charge is -2.29. The zero-order valence-corrected chi connectivity index (χ0v) is 17.3. The third-order valence-corrected chi connectivity index (χ3v) is 4.98. The smallest absolute Gasteiger partial charge is 0.191 e. The minimum atomic E-state index is -0.234. The van der Waals surface area contributed by atoms with Crippen molar-refractivity contribution in [2.75, 3.05) is 33.3 Å². The Labute approximate surface area is 164 Å². The number of hydrogen-bond acceptors (Lipinski definition) is 4. The van der Waals surface area contributed by atoms with Crippen LogP contribution in [0.2, 0.25) is 0 Å². The molecule has 0 unspecified atom stereocenters. The van der Waals surface area contributed by atoms with Crippen LogP contribution in [0.15, 0.2) is 29.3 Å². The average molecular weight is 377 g/mol. The van der Waals surface area contributed by atoms with Crippen molar-refractivity contribution in [1.82, 2.24) is 15.5 Å². The fourth-order valence-electron chi connectivity index (χ4n) is 2.97. The molecule has 2 rings (SSSR count). The lowest BCUT2D eigenvalue weighted by atomic mass is 10.1. The number of guanidine groups is 1. The summed E-state index contributed by atoms with van der Waals surface area (Å²) in [4.78, 5) is 7.08. The van der Waals surface area contributed by atoms with Crippen LogP contribution < -0.4 is 10.6 Å². The van der Waals surface area contributed by atoms with Gasteiger partial charge in [0, 0.05) is 39.8 Å². The first kappa shape index (κ1) is 21.7. The fraction of sp³-hybridized carbons (Fsp3) is 0.667. The van der Waals surface area contributed by atoms with Crippen molar-refractivity contribution in [2.24, 2.45) is 4.99 Å². The molecule has 1 saturated heterocycles. The maximum absolute atomic E-state index is 9.61. The van der Waals surface area contributed by atoms with Gasteiger partial charge in [-0.3, -0.25) is 4.90 Å². The molecule has 0 atom stereocenters. The van der Waals surface area contributed by atoms with Gasteiger partial charge in [-0.25, -0.2) is 4.99 Å². The molecule has 0 amide bonds. The van der Waals surface area contributed by atoms with E-state index >= 15 is 0 Å². The van der Waals surface area contributed by atoms with E-state index in [0.717, 1.165) is 45.0 Å². The van der Waals surface area contributed by atoms with Crippen LogP contribution in [0.1, 0.15) is 44.7 Å². The maximum Gasteiger partial charge on any atom is 0.191 e. The van der Waals surface area contributed by atoms with Crippen LogP contribution in [0.5, 0.6) is 0 Å². The van der Waals surface area contributed by atoms with Gasteiger partial charge in [-0.15, -0.1) is 0 Å². The van der Waals surface area contributed by atoms with Crippen molar-refractivity contribution in [2.45, 2.75) is 58.4 Å². The molecule has 27 heavy (non-hydrogen) atoms. The summed E-state index contributed by atoms with van der Waals surface area (Å²) in [7, 11) is 1.72. The summed E-state index contributed by atoms with van der Waals surface area (Å²) in [5.74, 6) is 0.804. The Kier molecular flexibility index (Phi) is 8.54. The second-order valence-corrected chi connectivity index (χ2v) is 7.84. The highest BCUT2D eigenvalue weighted by Gasteiger charge is 2.17. The van der Waals surface area contributed by atoms with Crippen molar-refractivity contribution in [3.63, 3.8) is 0 Å². The van der Waals surface area contributed by atoms with E-state index in [-0.39, 0.29) is 11.7 Å². The standard InChI is InChI=1S/C21H36N4O2/c1-5-22-20(24-16-21(2,3)27-4)23-14-17-6-8-18(9-7-17)15-25-12-10-19(26)11-13-25/h6-9,19,26H,5,10-16H2,1-4H3,(H2,22,23,24). The van der Waals surface area contributed by atoms with Gasteiger partial charge in [-0.05, 0) is 44.7 Å². The molecular formula is C21H36N4O2. The molecule has 6 nitrogen and oxygen atoms in total. The molecule has 0 bridgehead atoms. The summed E-state index contributed by atoms with van der Waals surface area (Å²) >= 11 is 0. The van der Waals surface area contributed by atoms with Crippen LogP contribution in [0.3, 0.4) is 0 Å². The first-order valence-corrected chi connectivity index (χ1v) is 9.97. The van der Waals surface area contributed by atoms with Crippen LogP contribution in [0.25, 0.3) is 0 Å². The Morgan fingerprint density at radius 3 is 2.41 bits per heavy atom. The maximum atomic E-state index is 9.61. The zero-order valence-electron chi connectivity index (χ0n) is 17.3. The van der Waals surface area contributed by atoms with Crippen molar-refractivity contribution >= 4 is 5.96 Å². The molecule has 1 aromatic rings. The number of ether oxygens (including phenoxy) is 1. The highest BCUT2D eigenvalue weighted by atomic mass is 16.5. The molecule has 0 spiro atoms. The number of methoxy groups -OCH3 is 1. The molecule has 6 heteroatoms. The van der Waals surface area contributed by atoms with E-state index < -0.39 is 0 Å². The van der Waals surface area contributed by atoms with Gasteiger partial charge >= 0.3 is 0 Å². The monoisotopic (exact) mass is 376 g/mol. The lowest BCUT2D eigenvalue weighted by molar-refractivity contribution is 0.0268. The number of rotatable bonds is 8. The number of nitrogens with zero attached hydrogens (tertiary/aromatic N) is 2. The minimum absolute atomic E-state index is 0.115. The van der Waals surface area contributed by atoms with Crippen LogP contribution in [0.4, 0.5) is 0 Å². The summed E-state index contributed by atoms with van der Waals surface area (Å²) in [6, 6.07) is 8.68. The second-order valence-electron chi connectivity index (χ2n) is 7.84. The first-order chi connectivity index (χ1) is 12.9. The summed E-state index contributed by atoms with van der Waals surface area (Å²) in [6.45, 7) is 11.2. The predicted molar refractivity (Wildman–Crippen MR) is 111 cm³/mol. The van der Waals surface area contributed by atoms with Gasteiger partial charge in [0.05, 0.1) is 18.2 Å². The highest BCUT2D eigenvalue weighted by Crippen LogP contribution is 2.14. The Morgan fingerprint density at radius 1 is 1.19 bits per heavy atom. The van der Waals surface area contributed by atoms with Gasteiger partial charge in [0.1, 0.15) is 0 Å². The van der Waals surface area contributed by atoms with E-state index in [2.05, 4.69) is 51.7 Å². The van der Waals surface area contributed by atoms with Crippen molar-refractivity contribution in [3.8, 4) is 0 Å². The molecule has 1 aliphatic heterocycles. The minimum Gasteiger partial charge on any atom is -0.393 e. The van der Waals surface area contributed by atoms with E-state index in [1.54, 1.807) is 7.11 Å². The molecule has 0 radical (unpaired) electrons. The Bertz CT molecular complexity index is 578. The third-order valence-electron chi connectivity index (χ3n) is 4.98. The van der Waals surface area contributed by atoms with E-state index in [1.807, 2.05) is 13.8 Å². The number of aliphatic imine (C=N–C) groups is 1. The zero-order chi connectivity index (χ0) is 19.7. The predicted octanol–water partition coefficient (Wildman–Crippen LogP) is 2.12. The summed E-state index contributed by atoms with van der Waals surface area (Å²) in [5.41, 5.74) is 2.27. The molecule has 152 valence electrons. The third kappa shape index (κ3) is 7.87. The topological polar surface area (TPSA) is 69.1 Å². The summed E-state index contributed by atoms with van der Waals surface area (Å²) in [6.07, 6.45) is 1.65. The largest absolute Gasteiger partial charge is 0.393 e. The summed E-state index contributed by atoms with van der Waals surface area (Å²) in [5, 5.41) is 16.2. The van der Waals surface area contributed by atoms with Gasteiger partial charge in [0.25, 0.3) is 0 Å². The van der Waals surface area contributed by atoms with Crippen LogP contribution in [0, 0.1) is 0 Å². The van der Waals surface area contributed by atoms with Gasteiger partial charge in [-0.2, -0.15) is 0 Å². The second kappa shape index (κ2) is 10.6. The Balaban J connectivity index is 1.86. The van der Waals surface area contributed by atoms with Gasteiger partial charge in [0.2, 0.25) is 0 Å². The van der Waals surface area contributed by atoms with Gasteiger partial charge in [-0.1, -0.05) is 24.3 Å². The van der Waals surface area contributed by atoms with Crippen molar-refractivity contribution < 1.29 is 9.84 Å². The summed E-state index contributed by atoms with van der Waals surface area (Å²) < 4.78 is 5.45. The van der Waals surface area contributed by atoms with Crippen LogP contribution >= 0.6 is 0 Å². The molecule has 1 fully saturated rings. The first-order valence-electron chi connectivity index (χ1n) is 9.97. The molecule has 0 saturated carbocycles. The molecule has 0 aromatic heterocycles. The van der Waals surface area contributed by atoms with Gasteiger partial charge < -0.3 is 20.5 Å². The highest BCUT2D eigenvalue weighted by molar-refractivity contribution is 5.79.